The minimum absolute atomic E-state index is 0.111. The van der Waals surface area contributed by atoms with Crippen molar-refractivity contribution in [3.8, 4) is 5.75 Å². The normalized spacial score (nSPS) is 30.8. The van der Waals surface area contributed by atoms with E-state index in [1.54, 1.807) is 0 Å². The molecular weight excluding hydrogens is 654 g/mol. The van der Waals surface area contributed by atoms with Gasteiger partial charge in [0.25, 0.3) is 11.8 Å². The van der Waals surface area contributed by atoms with Gasteiger partial charge in [0.2, 0.25) is 17.6 Å². The molecule has 2 aromatic carbocycles. The lowest BCUT2D eigenvalue weighted by Gasteiger charge is -2.50. The Balaban J connectivity index is 1.56. The summed E-state index contributed by atoms with van der Waals surface area (Å²) in [6.45, 7) is -0.456. The highest BCUT2D eigenvalue weighted by molar-refractivity contribution is 6.58. The lowest BCUT2D eigenvalue weighted by molar-refractivity contribution is -0.142. The topological polar surface area (TPSA) is 132 Å². The van der Waals surface area contributed by atoms with Gasteiger partial charge < -0.3 is 10.2 Å². The van der Waals surface area contributed by atoms with Crippen molar-refractivity contribution in [3.63, 3.8) is 0 Å². The van der Waals surface area contributed by atoms with Crippen LogP contribution in [0.3, 0.4) is 0 Å². The van der Waals surface area contributed by atoms with Crippen LogP contribution in [0.2, 0.25) is 0 Å². The Labute approximate surface area is 259 Å². The van der Waals surface area contributed by atoms with Gasteiger partial charge in [-0.15, -0.1) is 23.2 Å². The Bertz CT molecular complexity index is 1760. The summed E-state index contributed by atoms with van der Waals surface area (Å²) >= 11 is 13.9. The maximum atomic E-state index is 15.0. The van der Waals surface area contributed by atoms with Crippen LogP contribution in [0.5, 0.6) is 5.75 Å². The molecule has 45 heavy (non-hydrogen) atoms. The van der Waals surface area contributed by atoms with Crippen molar-refractivity contribution >= 4 is 58.5 Å². The second kappa shape index (κ2) is 10.2. The van der Waals surface area contributed by atoms with Crippen molar-refractivity contribution in [2.45, 2.75) is 34.9 Å². The average molecular weight is 673 g/mol. The summed E-state index contributed by atoms with van der Waals surface area (Å²) in [4.78, 5) is 61.1. The first kappa shape index (κ1) is 31.0. The van der Waals surface area contributed by atoms with Gasteiger partial charge in [-0.1, -0.05) is 29.8 Å². The number of phenolic OH excluding ortho intramolecular Hbond substituents is 1. The number of carbonyl (C=O) groups is 5. The van der Waals surface area contributed by atoms with Gasteiger partial charge in [0, 0.05) is 18.0 Å². The summed E-state index contributed by atoms with van der Waals surface area (Å²) in [6, 6.07) is 5.32. The molecule has 6 unspecified atom stereocenters. The number of aliphatic carboxylic acids is 1. The van der Waals surface area contributed by atoms with E-state index in [1.807, 2.05) is 0 Å². The molecule has 6 rings (SSSR count). The molecule has 1 saturated carbocycles. The van der Waals surface area contributed by atoms with E-state index in [4.69, 9.17) is 28.3 Å². The molecule has 0 aromatic heterocycles. The van der Waals surface area contributed by atoms with Crippen molar-refractivity contribution < 1.29 is 56.1 Å². The summed E-state index contributed by atoms with van der Waals surface area (Å²) in [5.74, 6) is -24.1. The molecule has 4 aliphatic rings. The third kappa shape index (κ3) is 3.94. The van der Waals surface area contributed by atoms with Gasteiger partial charge in [0.1, 0.15) is 11.4 Å². The number of nitrogens with zero attached hydrogens (tertiary/aromatic N) is 2. The van der Waals surface area contributed by atoms with Gasteiger partial charge in [0.15, 0.2) is 33.0 Å². The minimum atomic E-state index is -2.76. The third-order valence-corrected chi connectivity index (χ3v) is 10.5. The molecule has 0 radical (unpaired) electrons. The summed E-state index contributed by atoms with van der Waals surface area (Å²) < 4.78 is 72.4. The number of rotatable bonds is 5. The van der Waals surface area contributed by atoms with Crippen molar-refractivity contribution in [2.24, 2.45) is 17.8 Å². The quantitative estimate of drug-likeness (QED) is 0.122. The fourth-order valence-corrected chi connectivity index (χ4v) is 8.06. The van der Waals surface area contributed by atoms with E-state index < -0.39 is 123 Å². The first-order valence-electron chi connectivity index (χ1n) is 13.4. The minimum Gasteiger partial charge on any atom is -0.508 e. The molecule has 2 aromatic rings. The van der Waals surface area contributed by atoms with E-state index in [9.17, 15) is 42.3 Å². The number of carboxylic acids is 1. The number of hydrogen-bond acceptors (Lipinski definition) is 6. The Morgan fingerprint density at radius 1 is 0.889 bits per heavy atom. The van der Waals surface area contributed by atoms with Crippen LogP contribution in [0.4, 0.5) is 27.6 Å². The number of aromatic hydroxyl groups is 1. The number of phenols is 1. The average Bonchev–Trinajstić information content (AvgIpc) is 3.32. The Morgan fingerprint density at radius 3 is 2.09 bits per heavy atom. The number of amides is 4. The van der Waals surface area contributed by atoms with Crippen LogP contribution < -0.4 is 4.90 Å². The number of imide groups is 2. The zero-order valence-corrected chi connectivity index (χ0v) is 24.0. The SMILES string of the molecule is O=C(O)CCN1C(=O)C2CC=C3C(CC4(Cl)C(=O)N(c5c(F)c(F)c(F)c(F)c5F)C(=O)C4(Cl)C3c3ccccc3O)C2C1=O. The van der Waals surface area contributed by atoms with E-state index in [0.29, 0.717) is 0 Å². The number of allylic oxidation sites excluding steroid dienone is 2. The summed E-state index contributed by atoms with van der Waals surface area (Å²) in [7, 11) is 0. The molecule has 4 amide bonds. The standard InChI is InChI=1S/C29H19Cl2F5N2O7/c30-28-9-13-10(5-6-12-16(13)25(43)37(24(12)42)8-7-15(40)41)17(11-3-1-2-4-14(11)39)29(28,31)27(45)38(26(28)44)23-21(35)19(33)18(32)20(34)22(23)36/h1-5,12-13,16-17,39H,6-9H2,(H,40,41). The number of alkyl halides is 2. The number of hydrogen-bond donors (Lipinski definition) is 2. The Morgan fingerprint density at radius 2 is 1.49 bits per heavy atom. The number of carbonyl (C=O) groups excluding carboxylic acids is 4. The molecule has 16 heteroatoms. The van der Waals surface area contributed by atoms with Crippen molar-refractivity contribution in [3.05, 3.63) is 70.6 Å². The maximum absolute atomic E-state index is 15.0. The van der Waals surface area contributed by atoms with Crippen LogP contribution in [0.1, 0.15) is 30.7 Å². The first-order chi connectivity index (χ1) is 21.1. The number of halogens is 7. The highest BCUT2D eigenvalue weighted by Crippen LogP contribution is 2.66. The number of fused-ring (bicyclic) bond motifs is 4. The monoisotopic (exact) mass is 672 g/mol. The van der Waals surface area contributed by atoms with Crippen molar-refractivity contribution in [1.29, 1.82) is 0 Å². The maximum Gasteiger partial charge on any atom is 0.305 e. The van der Waals surface area contributed by atoms with Gasteiger partial charge >= 0.3 is 5.97 Å². The van der Waals surface area contributed by atoms with Crippen molar-refractivity contribution in [2.75, 3.05) is 11.4 Å². The predicted octanol–water partition coefficient (Wildman–Crippen LogP) is 4.13. The fourth-order valence-electron chi connectivity index (χ4n) is 7.14. The van der Waals surface area contributed by atoms with E-state index >= 15 is 8.78 Å². The molecule has 2 N–H and O–H groups in total. The molecule has 0 bridgehead atoms. The van der Waals surface area contributed by atoms with E-state index in [1.165, 1.54) is 30.3 Å². The lowest BCUT2D eigenvalue weighted by atomic mass is 9.56. The third-order valence-electron chi connectivity index (χ3n) is 9.11. The molecule has 0 spiro atoms. The highest BCUT2D eigenvalue weighted by Gasteiger charge is 2.77. The Kier molecular flexibility index (Phi) is 7.05. The molecule has 236 valence electrons. The predicted molar refractivity (Wildman–Crippen MR) is 144 cm³/mol. The first-order valence-corrected chi connectivity index (χ1v) is 14.2. The summed E-state index contributed by atoms with van der Waals surface area (Å²) in [5.41, 5.74) is -1.87. The fraction of sp³-hybridized carbons (Fsp3) is 0.345. The Hall–Kier alpha value is -4.04. The molecule has 2 aliphatic carbocycles. The highest BCUT2D eigenvalue weighted by atomic mass is 35.5. The number of anilines is 1. The molecular formula is C29H19Cl2F5N2O7. The van der Waals surface area contributed by atoms with Crippen LogP contribution >= 0.6 is 23.2 Å². The second-order valence-electron chi connectivity index (χ2n) is 11.2. The molecule has 6 atom stereocenters. The van der Waals surface area contributed by atoms with Gasteiger partial charge in [-0.2, -0.15) is 0 Å². The van der Waals surface area contributed by atoms with Gasteiger partial charge in [0.05, 0.1) is 18.3 Å². The zero-order chi connectivity index (χ0) is 32.9. The molecule has 2 aliphatic heterocycles. The summed E-state index contributed by atoms with van der Waals surface area (Å²) in [6.07, 6.45) is 0.0859. The zero-order valence-electron chi connectivity index (χ0n) is 22.5. The van der Waals surface area contributed by atoms with Crippen LogP contribution in [-0.2, 0) is 24.0 Å². The van der Waals surface area contributed by atoms with Crippen LogP contribution in [-0.4, -0.2) is 61.0 Å². The van der Waals surface area contributed by atoms with Crippen molar-refractivity contribution in [1.82, 2.24) is 4.90 Å². The van der Waals surface area contributed by atoms with Gasteiger partial charge in [-0.05, 0) is 24.8 Å². The largest absolute Gasteiger partial charge is 0.508 e. The van der Waals surface area contributed by atoms with E-state index in [0.717, 1.165) is 4.90 Å². The second-order valence-corrected chi connectivity index (χ2v) is 12.5. The van der Waals surface area contributed by atoms with Gasteiger partial charge in [-0.25, -0.2) is 26.9 Å². The number of para-hydroxylation sites is 1. The smallest absolute Gasteiger partial charge is 0.305 e. The summed E-state index contributed by atoms with van der Waals surface area (Å²) in [5, 5.41) is 20.0. The van der Waals surface area contributed by atoms with Gasteiger partial charge in [-0.3, -0.25) is 28.9 Å². The number of likely N-dealkylation sites (tertiary alicyclic amines) is 1. The molecule has 3 fully saturated rings. The molecule has 2 saturated heterocycles. The molecule has 2 heterocycles. The number of benzene rings is 2. The van der Waals surface area contributed by atoms with Crippen LogP contribution in [0, 0.1) is 46.8 Å². The molecule has 9 nitrogen and oxygen atoms in total. The lowest BCUT2D eigenvalue weighted by Crippen LogP contribution is -2.60. The van der Waals surface area contributed by atoms with Crippen LogP contribution in [0.25, 0.3) is 0 Å². The van der Waals surface area contributed by atoms with Crippen LogP contribution in [0.15, 0.2) is 35.9 Å². The van der Waals surface area contributed by atoms with E-state index in [-0.39, 0.29) is 22.5 Å². The van der Waals surface area contributed by atoms with E-state index in [2.05, 4.69) is 0 Å². The number of carboxylic acid groups (broad SMARTS) is 1.